The number of nitrogens with zero attached hydrogens (tertiary/aromatic N) is 1. The summed E-state index contributed by atoms with van der Waals surface area (Å²) in [6.45, 7) is 18.5. The third-order valence-electron chi connectivity index (χ3n) is 17.3. The van der Waals surface area contributed by atoms with Crippen molar-refractivity contribution in [3.8, 4) is 44.5 Å². The summed E-state index contributed by atoms with van der Waals surface area (Å²) in [6.07, 6.45) is 0. The molecular weight excluding hydrogens is 951 g/mol. The van der Waals surface area contributed by atoms with E-state index in [2.05, 4.69) is 321 Å². The van der Waals surface area contributed by atoms with E-state index in [-0.39, 0.29) is 10.8 Å². The van der Waals surface area contributed by atoms with E-state index in [0.29, 0.717) is 0 Å². The van der Waals surface area contributed by atoms with Gasteiger partial charge in [0.15, 0.2) is 0 Å². The lowest BCUT2D eigenvalue weighted by Gasteiger charge is -2.38. The average Bonchev–Trinajstić information content (AvgIpc) is 3.17. The van der Waals surface area contributed by atoms with Crippen LogP contribution in [-0.2, 0) is 21.7 Å². The Kier molecular flexibility index (Phi) is 12.0. The second kappa shape index (κ2) is 19.0. The fourth-order valence-corrected chi connectivity index (χ4v) is 13.9. The zero-order valence-corrected chi connectivity index (χ0v) is 46.8. The average molecular weight is 1020 g/mol. The first-order valence-electron chi connectivity index (χ1n) is 28.2. The largest absolute Gasteiger partial charge is 0.310 e. The Labute approximate surface area is 468 Å². The van der Waals surface area contributed by atoms with E-state index in [1.807, 2.05) is 0 Å². The molecule has 2 aliphatic rings. The van der Waals surface area contributed by atoms with Crippen molar-refractivity contribution in [3.63, 3.8) is 0 Å². The van der Waals surface area contributed by atoms with E-state index in [0.717, 1.165) is 22.6 Å². The molecule has 1 nitrogen and oxygen atoms in total. The quantitative estimate of drug-likeness (QED) is 0.139. The van der Waals surface area contributed by atoms with Crippen LogP contribution in [0.15, 0.2) is 261 Å². The van der Waals surface area contributed by atoms with Gasteiger partial charge in [-0.25, -0.2) is 0 Å². The first-order valence-corrected chi connectivity index (χ1v) is 28.2. The van der Waals surface area contributed by atoms with E-state index in [4.69, 9.17) is 0 Å². The van der Waals surface area contributed by atoms with Crippen molar-refractivity contribution in [1.82, 2.24) is 0 Å². The van der Waals surface area contributed by atoms with Gasteiger partial charge in [-0.05, 0) is 178 Å². The molecule has 0 fully saturated rings. The molecule has 0 radical (unpaired) electrons. The Balaban J connectivity index is 1.04. The van der Waals surface area contributed by atoms with E-state index in [1.165, 1.54) is 106 Å². The molecule has 0 amide bonds. The Morgan fingerprint density at radius 3 is 1.35 bits per heavy atom. The van der Waals surface area contributed by atoms with E-state index in [1.54, 1.807) is 0 Å². The highest BCUT2D eigenvalue weighted by molar-refractivity contribution is 5.92. The summed E-state index contributed by atoms with van der Waals surface area (Å²) in [7, 11) is 0. The molecule has 0 saturated carbocycles. The number of rotatable bonds is 9. The van der Waals surface area contributed by atoms with Crippen molar-refractivity contribution < 1.29 is 0 Å². The fraction of sp³-hybridized carbons (Fsp3) is 0.154. The lowest BCUT2D eigenvalue weighted by Crippen LogP contribution is -2.32. The van der Waals surface area contributed by atoms with Crippen LogP contribution < -0.4 is 4.90 Å². The summed E-state index contributed by atoms with van der Waals surface area (Å²) >= 11 is 0. The zero-order chi connectivity index (χ0) is 54.3. The molecule has 0 saturated heterocycles. The molecule has 0 aromatic heterocycles. The normalized spacial score (nSPS) is 16.2. The van der Waals surface area contributed by atoms with Gasteiger partial charge < -0.3 is 4.90 Å². The summed E-state index contributed by atoms with van der Waals surface area (Å²) in [6, 6.07) is 98.8. The summed E-state index contributed by atoms with van der Waals surface area (Å²) in [4.78, 5) is 2.52. The lowest BCUT2D eigenvalue weighted by molar-refractivity contribution is 0.571. The van der Waals surface area contributed by atoms with Crippen molar-refractivity contribution in [1.29, 1.82) is 0 Å². The maximum atomic E-state index is 2.52. The summed E-state index contributed by atoms with van der Waals surface area (Å²) in [5, 5.41) is 0. The second-order valence-corrected chi connectivity index (χ2v) is 24.1. The Hall–Kier alpha value is -8.78. The Morgan fingerprint density at radius 1 is 0.291 bits per heavy atom. The van der Waals surface area contributed by atoms with Crippen molar-refractivity contribution >= 4 is 17.1 Å². The smallest absolute Gasteiger partial charge is 0.0717 e. The number of anilines is 3. The summed E-state index contributed by atoms with van der Waals surface area (Å²) in [5.41, 5.74) is 27.5. The number of aryl methyl sites for hydroxylation is 2. The van der Waals surface area contributed by atoms with Crippen LogP contribution in [0.3, 0.4) is 0 Å². The van der Waals surface area contributed by atoms with Crippen molar-refractivity contribution in [2.45, 2.75) is 77.0 Å². The van der Waals surface area contributed by atoms with E-state index < -0.39 is 10.8 Å². The third kappa shape index (κ3) is 7.96. The molecule has 1 heteroatoms. The van der Waals surface area contributed by atoms with Crippen LogP contribution in [0.25, 0.3) is 44.5 Å². The van der Waals surface area contributed by atoms with Crippen molar-refractivity contribution in [2.75, 3.05) is 4.90 Å². The lowest BCUT2D eigenvalue weighted by atomic mass is 9.64. The highest BCUT2D eigenvalue weighted by Crippen LogP contribution is 2.60. The summed E-state index contributed by atoms with van der Waals surface area (Å²) < 4.78 is 0. The molecule has 0 bridgehead atoms. The first kappa shape index (κ1) is 49.8. The minimum Gasteiger partial charge on any atom is -0.310 e. The molecule has 11 aromatic carbocycles. The maximum Gasteiger partial charge on any atom is 0.0717 e. The minimum atomic E-state index is -0.593. The van der Waals surface area contributed by atoms with Gasteiger partial charge in [-0.2, -0.15) is 0 Å². The predicted molar refractivity (Wildman–Crippen MR) is 333 cm³/mol. The first-order chi connectivity index (χ1) is 38.3. The van der Waals surface area contributed by atoms with Gasteiger partial charge >= 0.3 is 0 Å². The van der Waals surface area contributed by atoms with Gasteiger partial charge in [-0.1, -0.05) is 260 Å². The molecule has 2 aliphatic carbocycles. The van der Waals surface area contributed by atoms with Crippen molar-refractivity contribution in [2.24, 2.45) is 0 Å². The van der Waals surface area contributed by atoms with Gasteiger partial charge in [0, 0.05) is 17.1 Å². The topological polar surface area (TPSA) is 3.24 Å². The van der Waals surface area contributed by atoms with E-state index in [9.17, 15) is 0 Å². The second-order valence-electron chi connectivity index (χ2n) is 24.1. The van der Waals surface area contributed by atoms with Crippen LogP contribution in [0.5, 0.6) is 0 Å². The van der Waals surface area contributed by atoms with Gasteiger partial charge in [0.05, 0.1) is 10.8 Å². The summed E-state index contributed by atoms with van der Waals surface area (Å²) in [5.74, 6) is 0. The molecule has 79 heavy (non-hydrogen) atoms. The Bertz CT molecular complexity index is 4070. The predicted octanol–water partition coefficient (Wildman–Crippen LogP) is 20.4. The van der Waals surface area contributed by atoms with Gasteiger partial charge in [0.2, 0.25) is 0 Å². The van der Waals surface area contributed by atoms with Crippen LogP contribution in [0.4, 0.5) is 17.1 Å². The molecule has 0 heterocycles. The van der Waals surface area contributed by atoms with Crippen LogP contribution in [-0.4, -0.2) is 0 Å². The number of fused-ring (bicyclic) bond motifs is 6. The fourth-order valence-electron chi connectivity index (χ4n) is 13.9. The number of benzene rings is 11. The van der Waals surface area contributed by atoms with Gasteiger partial charge in [0.25, 0.3) is 0 Å². The monoisotopic (exact) mass is 1020 g/mol. The molecule has 0 N–H and O–H groups in total. The van der Waals surface area contributed by atoms with Crippen LogP contribution in [0.1, 0.15) is 108 Å². The number of hydrogen-bond acceptors (Lipinski definition) is 1. The van der Waals surface area contributed by atoms with Crippen LogP contribution >= 0.6 is 0 Å². The molecule has 0 spiro atoms. The molecule has 2 unspecified atom stereocenters. The van der Waals surface area contributed by atoms with Gasteiger partial charge in [0.1, 0.15) is 0 Å². The van der Waals surface area contributed by atoms with Gasteiger partial charge in [-0.15, -0.1) is 0 Å². The standard InChI is InChI=1S/C78H67N/c1-52-47-63(48-53(2)74(52)54-25-12-9-13-26-54)79(62-44-46-67-65-34-19-21-36-69(65)78(73(67)51-62,59-30-16-11-17-31-59)71-38-23-22-37-70(71)76(6,7)8)61-32-24-27-55(49-61)56-39-45-66-64-33-18-20-35-68(64)77(72(66)50-56,58-28-14-10-15-29-58)60-42-40-57(41-43-60)75(3,4)5/h9-51H,1-8H3. The Morgan fingerprint density at radius 2 is 0.747 bits per heavy atom. The van der Waals surface area contributed by atoms with E-state index >= 15 is 0 Å². The molecule has 11 aromatic rings. The molecule has 2 atom stereocenters. The van der Waals surface area contributed by atoms with Crippen molar-refractivity contribution in [3.05, 3.63) is 328 Å². The van der Waals surface area contributed by atoms with Gasteiger partial charge in [-0.3, -0.25) is 0 Å². The van der Waals surface area contributed by atoms with Crippen LogP contribution in [0, 0.1) is 13.8 Å². The number of hydrogen-bond donors (Lipinski definition) is 0. The third-order valence-corrected chi connectivity index (χ3v) is 17.3. The molecule has 13 rings (SSSR count). The minimum absolute atomic E-state index is 0.0326. The van der Waals surface area contributed by atoms with Crippen LogP contribution in [0.2, 0.25) is 0 Å². The molecule has 384 valence electrons. The molecule has 0 aliphatic heterocycles. The highest BCUT2D eigenvalue weighted by Gasteiger charge is 2.49. The highest BCUT2D eigenvalue weighted by atomic mass is 15.1. The zero-order valence-electron chi connectivity index (χ0n) is 46.8. The molecular formula is C78H67N. The SMILES string of the molecule is Cc1cc(N(c2cccc(-c3ccc4c(c3)C(c3ccccc3)(c3ccc(C(C)(C)C)cc3)c3ccccc3-4)c2)c2ccc3c(c2)C(c2ccccc2)(c2ccccc2C(C)(C)C)c2ccccc2-3)cc(C)c1-c1ccccc1. The maximum absolute atomic E-state index is 2.52.